The van der Waals surface area contributed by atoms with E-state index in [2.05, 4.69) is 15.1 Å². The van der Waals surface area contributed by atoms with E-state index < -0.39 is 5.97 Å². The van der Waals surface area contributed by atoms with Crippen molar-refractivity contribution in [3.05, 3.63) is 60.0 Å². The molecule has 3 rings (SSSR count). The van der Waals surface area contributed by atoms with E-state index in [1.165, 1.54) is 7.11 Å². The monoisotopic (exact) mass is 280 g/mol. The van der Waals surface area contributed by atoms with Gasteiger partial charge in [-0.05, 0) is 18.2 Å². The summed E-state index contributed by atoms with van der Waals surface area (Å²) in [6, 6.07) is 10.8. The van der Waals surface area contributed by atoms with Crippen LogP contribution in [0.25, 0.3) is 11.2 Å². The number of hydrogen-bond donors (Lipinski definition) is 0. The Kier molecular flexibility index (Phi) is 3.42. The van der Waals surface area contributed by atoms with Gasteiger partial charge in [-0.15, -0.1) is 0 Å². The second kappa shape index (κ2) is 5.54. The minimum absolute atomic E-state index is 0.398. The molecule has 0 aliphatic carbocycles. The normalized spacial score (nSPS) is 11.1. The van der Waals surface area contributed by atoms with Gasteiger partial charge in [-0.2, -0.15) is 5.10 Å². The number of imidazole rings is 1. The molecule has 3 aromatic rings. The number of carbonyl (C=O) groups is 1. The number of pyridine rings is 1. The van der Waals surface area contributed by atoms with Crippen molar-refractivity contribution in [2.24, 2.45) is 5.10 Å². The molecule has 0 aliphatic heterocycles. The van der Waals surface area contributed by atoms with Crippen molar-refractivity contribution >= 4 is 23.3 Å². The van der Waals surface area contributed by atoms with Crippen LogP contribution in [0.15, 0.2) is 54.0 Å². The number of carbonyl (C=O) groups excluding carboxylic acids is 1. The number of fused-ring (bicyclic) bond motifs is 1. The fourth-order valence-corrected chi connectivity index (χ4v) is 1.95. The molecule has 1 aromatic carbocycles. The lowest BCUT2D eigenvalue weighted by Gasteiger charge is -2.02. The predicted octanol–water partition coefficient (Wildman–Crippen LogP) is 2.10. The highest BCUT2D eigenvalue weighted by Crippen LogP contribution is 2.10. The largest absolute Gasteiger partial charge is 0.465 e. The lowest BCUT2D eigenvalue weighted by Crippen LogP contribution is -2.05. The van der Waals surface area contributed by atoms with E-state index in [9.17, 15) is 4.79 Å². The highest BCUT2D eigenvalue weighted by molar-refractivity contribution is 5.99. The third kappa shape index (κ3) is 2.51. The SMILES string of the molecule is COC(=O)c1ccccc1/C=N/n1cnc2cccnc21. The van der Waals surface area contributed by atoms with E-state index >= 15 is 0 Å². The van der Waals surface area contributed by atoms with Crippen LogP contribution in [-0.4, -0.2) is 33.9 Å². The minimum Gasteiger partial charge on any atom is -0.465 e. The molecule has 2 aromatic heterocycles. The quantitative estimate of drug-likeness (QED) is 0.544. The zero-order valence-corrected chi connectivity index (χ0v) is 11.3. The van der Waals surface area contributed by atoms with Gasteiger partial charge in [-0.25, -0.2) is 19.4 Å². The van der Waals surface area contributed by atoms with Crippen LogP contribution in [-0.2, 0) is 4.74 Å². The summed E-state index contributed by atoms with van der Waals surface area (Å²) < 4.78 is 6.31. The molecule has 21 heavy (non-hydrogen) atoms. The summed E-state index contributed by atoms with van der Waals surface area (Å²) in [5, 5.41) is 4.30. The molecule has 0 radical (unpaired) electrons. The first kappa shape index (κ1) is 13.0. The van der Waals surface area contributed by atoms with Crippen molar-refractivity contribution in [3.63, 3.8) is 0 Å². The number of nitrogens with zero attached hydrogens (tertiary/aromatic N) is 4. The van der Waals surface area contributed by atoms with Crippen LogP contribution in [0.2, 0.25) is 0 Å². The average Bonchev–Trinajstić information content (AvgIpc) is 2.96. The van der Waals surface area contributed by atoms with Gasteiger partial charge < -0.3 is 4.74 Å². The Morgan fingerprint density at radius 3 is 2.95 bits per heavy atom. The number of aromatic nitrogens is 3. The molecule has 0 fully saturated rings. The maximum atomic E-state index is 11.7. The molecule has 0 aliphatic rings. The van der Waals surface area contributed by atoms with Gasteiger partial charge in [0.1, 0.15) is 11.8 Å². The summed E-state index contributed by atoms with van der Waals surface area (Å²) in [5.74, 6) is -0.398. The van der Waals surface area contributed by atoms with Crippen molar-refractivity contribution < 1.29 is 9.53 Å². The van der Waals surface area contributed by atoms with Crippen LogP contribution in [0.5, 0.6) is 0 Å². The zero-order valence-electron chi connectivity index (χ0n) is 11.3. The second-order valence-corrected chi connectivity index (χ2v) is 4.26. The molecule has 0 saturated carbocycles. The molecule has 0 bridgehead atoms. The van der Waals surface area contributed by atoms with E-state index in [0.29, 0.717) is 16.8 Å². The first-order valence-electron chi connectivity index (χ1n) is 6.29. The fraction of sp³-hybridized carbons (Fsp3) is 0.0667. The van der Waals surface area contributed by atoms with Crippen molar-refractivity contribution in [3.8, 4) is 0 Å². The van der Waals surface area contributed by atoms with Gasteiger partial charge in [0, 0.05) is 11.8 Å². The van der Waals surface area contributed by atoms with E-state index in [4.69, 9.17) is 4.74 Å². The molecule has 6 nitrogen and oxygen atoms in total. The number of rotatable bonds is 3. The zero-order chi connectivity index (χ0) is 14.7. The molecule has 0 spiro atoms. The molecule has 104 valence electrons. The van der Waals surface area contributed by atoms with Crippen LogP contribution >= 0.6 is 0 Å². The first-order valence-corrected chi connectivity index (χ1v) is 6.29. The summed E-state index contributed by atoms with van der Waals surface area (Å²) in [6.45, 7) is 0. The standard InChI is InChI=1S/C15H12N4O2/c1-21-15(20)12-6-3-2-5-11(12)9-18-19-10-17-13-7-4-8-16-14(13)19/h2-10H,1H3/b18-9+. The van der Waals surface area contributed by atoms with Crippen molar-refractivity contribution in [2.75, 3.05) is 7.11 Å². The molecule has 2 heterocycles. The lowest BCUT2D eigenvalue weighted by atomic mass is 10.1. The lowest BCUT2D eigenvalue weighted by molar-refractivity contribution is 0.0600. The number of esters is 1. The van der Waals surface area contributed by atoms with Gasteiger partial charge in [0.2, 0.25) is 0 Å². The molecule has 0 saturated heterocycles. The third-order valence-corrected chi connectivity index (χ3v) is 2.98. The Hall–Kier alpha value is -3.02. The Morgan fingerprint density at radius 2 is 2.10 bits per heavy atom. The Bertz CT molecular complexity index is 823. The number of hydrogen-bond acceptors (Lipinski definition) is 5. The molecule has 6 heteroatoms. The van der Waals surface area contributed by atoms with E-state index in [-0.39, 0.29) is 0 Å². The van der Waals surface area contributed by atoms with Gasteiger partial charge in [-0.3, -0.25) is 0 Å². The van der Waals surface area contributed by atoms with Gasteiger partial charge in [-0.1, -0.05) is 18.2 Å². The maximum Gasteiger partial charge on any atom is 0.338 e. The molecular formula is C15H12N4O2. The Morgan fingerprint density at radius 1 is 1.24 bits per heavy atom. The summed E-state index contributed by atoms with van der Waals surface area (Å²) in [6.07, 6.45) is 4.84. The van der Waals surface area contributed by atoms with Crippen LogP contribution in [0, 0.1) is 0 Å². The third-order valence-electron chi connectivity index (χ3n) is 2.98. The van der Waals surface area contributed by atoms with Gasteiger partial charge in [0.25, 0.3) is 0 Å². The summed E-state index contributed by atoms with van der Waals surface area (Å²) in [4.78, 5) is 20.1. The van der Waals surface area contributed by atoms with Crippen LogP contribution in [0.3, 0.4) is 0 Å². The first-order chi connectivity index (χ1) is 10.3. The minimum atomic E-state index is -0.398. The topological polar surface area (TPSA) is 69.4 Å². The molecule has 0 N–H and O–H groups in total. The maximum absolute atomic E-state index is 11.7. The van der Waals surface area contributed by atoms with Gasteiger partial charge in [0.15, 0.2) is 5.65 Å². The van der Waals surface area contributed by atoms with E-state index in [1.807, 2.05) is 18.2 Å². The highest BCUT2D eigenvalue weighted by Gasteiger charge is 2.09. The fourth-order valence-electron chi connectivity index (χ4n) is 1.95. The van der Waals surface area contributed by atoms with Crippen molar-refractivity contribution in [1.29, 1.82) is 0 Å². The molecule has 0 unspecified atom stereocenters. The molecule has 0 amide bonds. The Balaban J connectivity index is 1.98. The summed E-state index contributed by atoms with van der Waals surface area (Å²) in [5.41, 5.74) is 2.54. The Labute approximate surface area is 120 Å². The number of ether oxygens (including phenoxy) is 1. The average molecular weight is 280 g/mol. The van der Waals surface area contributed by atoms with Crippen LogP contribution in [0.4, 0.5) is 0 Å². The van der Waals surface area contributed by atoms with Gasteiger partial charge in [0.05, 0.1) is 18.9 Å². The van der Waals surface area contributed by atoms with Crippen LogP contribution < -0.4 is 0 Å². The predicted molar refractivity (Wildman–Crippen MR) is 78.3 cm³/mol. The van der Waals surface area contributed by atoms with Crippen molar-refractivity contribution in [1.82, 2.24) is 14.6 Å². The van der Waals surface area contributed by atoms with Crippen LogP contribution in [0.1, 0.15) is 15.9 Å². The molecule has 0 atom stereocenters. The summed E-state index contributed by atoms with van der Waals surface area (Å²) in [7, 11) is 1.35. The number of benzene rings is 1. The second-order valence-electron chi connectivity index (χ2n) is 4.26. The summed E-state index contributed by atoms with van der Waals surface area (Å²) >= 11 is 0. The van der Waals surface area contributed by atoms with Gasteiger partial charge >= 0.3 is 5.97 Å². The smallest absolute Gasteiger partial charge is 0.338 e. The van der Waals surface area contributed by atoms with E-state index in [0.717, 1.165) is 5.52 Å². The number of methoxy groups -OCH3 is 1. The molecular weight excluding hydrogens is 268 g/mol. The highest BCUT2D eigenvalue weighted by atomic mass is 16.5. The van der Waals surface area contributed by atoms with E-state index in [1.54, 1.807) is 41.6 Å². The van der Waals surface area contributed by atoms with Crippen molar-refractivity contribution in [2.45, 2.75) is 0 Å².